The van der Waals surface area contributed by atoms with Crippen molar-refractivity contribution >= 4 is 5.97 Å². The molecule has 3 aliphatic rings. The van der Waals surface area contributed by atoms with Crippen molar-refractivity contribution in [2.24, 2.45) is 22.7 Å². The fourth-order valence-corrected chi connectivity index (χ4v) is 6.82. The Kier molecular flexibility index (Phi) is 3.43. The maximum Gasteiger partial charge on any atom is 0.306 e. The summed E-state index contributed by atoms with van der Waals surface area (Å²) in [5.74, 6) is 1.64. The molecule has 2 heteroatoms. The first-order chi connectivity index (χ1) is 11.2. The average Bonchev–Trinajstić information content (AvgIpc) is 2.82. The molecular weight excluding hydrogens is 296 g/mol. The number of hydrogen-bond acceptors (Lipinski definition) is 2. The summed E-state index contributed by atoms with van der Waals surface area (Å²) in [5, 5.41) is 0. The normalized spacial score (nSPS) is 43.7. The highest BCUT2D eigenvalue weighted by atomic mass is 16.6. The summed E-state index contributed by atoms with van der Waals surface area (Å²) in [6.45, 7) is 9.54. The van der Waals surface area contributed by atoms with Crippen LogP contribution in [0.4, 0.5) is 0 Å². The zero-order valence-electron chi connectivity index (χ0n) is 15.5. The molecule has 2 saturated carbocycles. The van der Waals surface area contributed by atoms with Gasteiger partial charge in [-0.05, 0) is 60.8 Å². The van der Waals surface area contributed by atoms with Crippen LogP contribution in [0.3, 0.4) is 0 Å². The van der Waals surface area contributed by atoms with Gasteiger partial charge in [-0.15, -0.1) is 0 Å². The summed E-state index contributed by atoms with van der Waals surface area (Å²) in [4.78, 5) is 12.1. The minimum atomic E-state index is -0.239. The number of ether oxygens (including phenoxy) is 1. The van der Waals surface area contributed by atoms with Crippen LogP contribution in [0, 0.1) is 22.7 Å². The number of rotatable bonds is 1. The summed E-state index contributed by atoms with van der Waals surface area (Å²) >= 11 is 0. The van der Waals surface area contributed by atoms with Crippen molar-refractivity contribution in [1.82, 2.24) is 0 Å². The fraction of sp³-hybridized carbons (Fsp3) is 0.682. The third-order valence-corrected chi connectivity index (χ3v) is 7.65. The van der Waals surface area contributed by atoms with E-state index in [2.05, 4.69) is 58.0 Å². The number of hydrogen-bond donors (Lipinski definition) is 0. The van der Waals surface area contributed by atoms with Crippen molar-refractivity contribution in [2.45, 2.75) is 71.3 Å². The maximum absolute atomic E-state index is 12.1. The molecule has 1 heterocycles. The lowest BCUT2D eigenvalue weighted by Crippen LogP contribution is -2.57. The first-order valence-corrected chi connectivity index (χ1v) is 9.51. The molecule has 0 amide bonds. The van der Waals surface area contributed by atoms with E-state index in [1.807, 2.05) is 0 Å². The van der Waals surface area contributed by atoms with Gasteiger partial charge in [-0.1, -0.05) is 51.1 Å². The molecule has 0 spiro atoms. The molecule has 0 bridgehead atoms. The summed E-state index contributed by atoms with van der Waals surface area (Å²) in [6.07, 6.45) is 5.26. The number of carbonyl (C=O) groups excluding carboxylic acids is 1. The first kappa shape index (κ1) is 16.2. The van der Waals surface area contributed by atoms with Crippen LogP contribution in [-0.2, 0) is 9.53 Å². The van der Waals surface area contributed by atoms with Gasteiger partial charge in [0.2, 0.25) is 0 Å². The van der Waals surface area contributed by atoms with Crippen molar-refractivity contribution in [3.8, 4) is 0 Å². The Hall–Kier alpha value is -1.31. The zero-order chi connectivity index (χ0) is 17.2. The van der Waals surface area contributed by atoms with Gasteiger partial charge in [-0.25, -0.2) is 0 Å². The second-order valence-electron chi connectivity index (χ2n) is 9.64. The second kappa shape index (κ2) is 5.09. The number of fused-ring (bicyclic) bond motifs is 3. The zero-order valence-corrected chi connectivity index (χ0v) is 15.5. The number of esters is 1. The summed E-state index contributed by atoms with van der Waals surface area (Å²) in [6, 6.07) is 11.0. The van der Waals surface area contributed by atoms with E-state index in [0.717, 1.165) is 6.42 Å². The third-order valence-electron chi connectivity index (χ3n) is 7.65. The lowest BCUT2D eigenvalue weighted by Gasteiger charge is -2.61. The van der Waals surface area contributed by atoms with Crippen LogP contribution in [0.2, 0.25) is 0 Å². The first-order valence-electron chi connectivity index (χ1n) is 9.51. The van der Waals surface area contributed by atoms with E-state index in [4.69, 9.17) is 4.74 Å². The van der Waals surface area contributed by atoms with E-state index in [0.29, 0.717) is 29.6 Å². The van der Waals surface area contributed by atoms with E-state index in [1.54, 1.807) is 0 Å². The van der Waals surface area contributed by atoms with Gasteiger partial charge < -0.3 is 4.74 Å². The lowest BCUT2D eigenvalue weighted by atomic mass is 9.43. The van der Waals surface area contributed by atoms with Crippen LogP contribution < -0.4 is 0 Å². The predicted octanol–water partition coefficient (Wildman–Crippen LogP) is 5.33. The van der Waals surface area contributed by atoms with Crippen LogP contribution >= 0.6 is 0 Å². The topological polar surface area (TPSA) is 26.3 Å². The molecule has 130 valence electrons. The smallest absolute Gasteiger partial charge is 0.306 e. The molecular formula is C22H30O2. The average molecular weight is 326 g/mol. The van der Waals surface area contributed by atoms with Gasteiger partial charge >= 0.3 is 5.97 Å². The third kappa shape index (κ3) is 2.25. The minimum Gasteiger partial charge on any atom is -0.459 e. The molecule has 0 radical (unpaired) electrons. The Balaban J connectivity index is 1.75. The molecule has 1 aromatic rings. The Morgan fingerprint density at radius 1 is 1.00 bits per heavy atom. The molecule has 3 fully saturated rings. The highest BCUT2D eigenvalue weighted by Crippen LogP contribution is 2.67. The molecule has 1 saturated heterocycles. The van der Waals surface area contributed by atoms with E-state index in [-0.39, 0.29) is 17.0 Å². The highest BCUT2D eigenvalue weighted by Gasteiger charge is 2.63. The van der Waals surface area contributed by atoms with Crippen LogP contribution in [-0.4, -0.2) is 11.6 Å². The number of carbonyl (C=O) groups is 1. The lowest BCUT2D eigenvalue weighted by molar-refractivity contribution is -0.166. The van der Waals surface area contributed by atoms with Crippen molar-refractivity contribution < 1.29 is 9.53 Å². The standard InChI is InChI=1S/C22H30O2/c1-20(2)13-16(15-8-6-5-7-9-15)14-21(3)17(20)10-11-22(4)18(21)12-19(23)24-22/h5-9,16-18H,10-14H2,1-4H3/t16-,17?,18+,21-,22+/m0/s1. The number of benzene rings is 1. The van der Waals surface area contributed by atoms with E-state index >= 15 is 0 Å². The van der Waals surface area contributed by atoms with Gasteiger partial charge in [-0.3, -0.25) is 4.79 Å². The van der Waals surface area contributed by atoms with Crippen LogP contribution in [0.1, 0.15) is 71.3 Å². The van der Waals surface area contributed by atoms with Gasteiger partial charge in [0.1, 0.15) is 5.60 Å². The molecule has 2 aliphatic carbocycles. The summed E-state index contributed by atoms with van der Waals surface area (Å²) in [5.41, 5.74) is 1.71. The van der Waals surface area contributed by atoms with Crippen molar-refractivity contribution in [3.05, 3.63) is 35.9 Å². The van der Waals surface area contributed by atoms with Gasteiger partial charge in [0.05, 0.1) is 6.42 Å². The molecule has 0 N–H and O–H groups in total. The summed E-state index contributed by atoms with van der Waals surface area (Å²) < 4.78 is 5.84. The Morgan fingerprint density at radius 2 is 1.71 bits per heavy atom. The van der Waals surface area contributed by atoms with Crippen molar-refractivity contribution in [2.75, 3.05) is 0 Å². The van der Waals surface area contributed by atoms with Gasteiger partial charge in [0, 0.05) is 5.92 Å². The fourth-order valence-electron chi connectivity index (χ4n) is 6.82. The van der Waals surface area contributed by atoms with Crippen molar-refractivity contribution in [1.29, 1.82) is 0 Å². The molecule has 0 aromatic heterocycles. The van der Waals surface area contributed by atoms with E-state index in [1.165, 1.54) is 24.8 Å². The van der Waals surface area contributed by atoms with Gasteiger partial charge in [0.25, 0.3) is 0 Å². The van der Waals surface area contributed by atoms with Crippen LogP contribution in [0.5, 0.6) is 0 Å². The largest absolute Gasteiger partial charge is 0.459 e. The molecule has 1 aliphatic heterocycles. The SMILES string of the molecule is CC1(C)C[C@H](c2ccccc2)C[C@@]2(C)C1CC[C@@]1(C)OC(=O)C[C@@H]12. The van der Waals surface area contributed by atoms with Gasteiger partial charge in [-0.2, -0.15) is 0 Å². The predicted molar refractivity (Wildman–Crippen MR) is 95.6 cm³/mol. The van der Waals surface area contributed by atoms with Crippen LogP contribution in [0.25, 0.3) is 0 Å². The molecule has 4 rings (SSSR count). The highest BCUT2D eigenvalue weighted by molar-refractivity contribution is 5.73. The van der Waals surface area contributed by atoms with Crippen molar-refractivity contribution in [3.63, 3.8) is 0 Å². The molecule has 1 aromatic carbocycles. The van der Waals surface area contributed by atoms with E-state index < -0.39 is 0 Å². The second-order valence-corrected chi connectivity index (χ2v) is 9.64. The Morgan fingerprint density at radius 3 is 2.42 bits per heavy atom. The molecule has 24 heavy (non-hydrogen) atoms. The quantitative estimate of drug-likeness (QED) is 0.652. The van der Waals surface area contributed by atoms with Crippen LogP contribution in [0.15, 0.2) is 30.3 Å². The Bertz CT molecular complexity index is 649. The maximum atomic E-state index is 12.1. The molecule has 5 atom stereocenters. The monoisotopic (exact) mass is 326 g/mol. The minimum absolute atomic E-state index is 0.0176. The van der Waals surface area contributed by atoms with Gasteiger partial charge in [0.15, 0.2) is 0 Å². The Labute approximate surface area is 146 Å². The van der Waals surface area contributed by atoms with E-state index in [9.17, 15) is 4.79 Å². The molecule has 2 nitrogen and oxygen atoms in total. The molecule has 1 unspecified atom stereocenters. The summed E-state index contributed by atoms with van der Waals surface area (Å²) in [7, 11) is 0.